The average molecular weight is 298 g/mol. The zero-order valence-electron chi connectivity index (χ0n) is 13.4. The third-order valence-corrected chi connectivity index (χ3v) is 1.78. The van der Waals surface area contributed by atoms with Gasteiger partial charge in [-0.05, 0) is 12.3 Å². The van der Waals surface area contributed by atoms with E-state index in [1.54, 1.807) is 6.92 Å². The van der Waals surface area contributed by atoms with Crippen LogP contribution in [0, 0.1) is 17.8 Å². The Bertz CT molecular complexity index is 256. The number of carbonyl (C=O) groups excluding carboxylic acids is 2. The molecule has 0 aliphatic carbocycles. The summed E-state index contributed by atoms with van der Waals surface area (Å²) >= 11 is 4.83. The van der Waals surface area contributed by atoms with Crippen molar-refractivity contribution in [1.82, 2.24) is 0 Å². The fourth-order valence-electron chi connectivity index (χ4n) is 0.594. The van der Waals surface area contributed by atoms with E-state index in [-0.39, 0.29) is 79.0 Å². The van der Waals surface area contributed by atoms with Crippen molar-refractivity contribution in [2.45, 2.75) is 60.1 Å². The molecule has 0 aromatic heterocycles. The Balaban J connectivity index is -0.000000321. The second kappa shape index (κ2) is 10.0. The SMILES string of the molecule is CC(=O)C(C)[CH-]C(=O)C(C)(C)C.CC(C)(C)[S-].[K+]. The molecular weight excluding hydrogens is 271 g/mol. The minimum absolute atomic E-state index is 0. The van der Waals surface area contributed by atoms with Crippen LogP contribution >= 0.6 is 0 Å². The first-order chi connectivity index (χ1) is 7.25. The predicted molar refractivity (Wildman–Crippen MR) is 75.7 cm³/mol. The van der Waals surface area contributed by atoms with E-state index in [1.807, 2.05) is 41.5 Å². The molecule has 2 nitrogen and oxygen atoms in total. The smallest absolute Gasteiger partial charge is 0.787 e. The van der Waals surface area contributed by atoms with Gasteiger partial charge in [-0.25, -0.2) is 0 Å². The van der Waals surface area contributed by atoms with Gasteiger partial charge in [0.15, 0.2) is 0 Å². The zero-order valence-corrected chi connectivity index (χ0v) is 17.3. The van der Waals surface area contributed by atoms with E-state index >= 15 is 0 Å². The molecule has 4 heteroatoms. The number of hydrogen-bond donors (Lipinski definition) is 0. The molecule has 0 aliphatic heterocycles. The second-order valence-electron chi connectivity index (χ2n) is 6.29. The molecule has 1 atom stereocenters. The molecule has 0 radical (unpaired) electrons. The van der Waals surface area contributed by atoms with E-state index in [4.69, 9.17) is 12.6 Å². The van der Waals surface area contributed by atoms with Crippen molar-refractivity contribution in [2.75, 3.05) is 0 Å². The minimum Gasteiger partial charge on any atom is -0.787 e. The normalized spacial score (nSPS) is 12.5. The van der Waals surface area contributed by atoms with Gasteiger partial charge in [0.1, 0.15) is 5.78 Å². The van der Waals surface area contributed by atoms with Gasteiger partial charge in [0.05, 0.1) is 0 Å². The van der Waals surface area contributed by atoms with Crippen LogP contribution in [0.4, 0.5) is 0 Å². The molecule has 0 spiro atoms. The summed E-state index contributed by atoms with van der Waals surface area (Å²) in [6.45, 7) is 14.8. The molecule has 1 unspecified atom stereocenters. The predicted octanol–water partition coefficient (Wildman–Crippen LogP) is 0.367. The van der Waals surface area contributed by atoms with Gasteiger partial charge in [-0.2, -0.15) is 4.75 Å². The van der Waals surface area contributed by atoms with Gasteiger partial charge in [-0.1, -0.05) is 54.4 Å². The van der Waals surface area contributed by atoms with E-state index in [0.717, 1.165) is 0 Å². The van der Waals surface area contributed by atoms with Crippen molar-refractivity contribution < 1.29 is 61.0 Å². The van der Waals surface area contributed by atoms with Gasteiger partial charge in [0.25, 0.3) is 0 Å². The monoisotopic (exact) mass is 297 g/mol. The van der Waals surface area contributed by atoms with Crippen LogP contribution in [0.25, 0.3) is 0 Å². The number of ketones is 2. The van der Waals surface area contributed by atoms with Crippen molar-refractivity contribution in [3.05, 3.63) is 6.42 Å². The molecule has 0 aliphatic rings. The molecule has 0 aromatic carbocycles. The van der Waals surface area contributed by atoms with Gasteiger partial charge in [-0.3, -0.25) is 0 Å². The van der Waals surface area contributed by atoms with Crippen LogP contribution in [-0.2, 0) is 22.2 Å². The van der Waals surface area contributed by atoms with E-state index in [2.05, 4.69) is 0 Å². The number of Topliss-reactive ketones (excluding diaryl/α,β-unsaturated/α-hetero) is 2. The van der Waals surface area contributed by atoms with Crippen LogP contribution in [-0.4, -0.2) is 16.3 Å². The van der Waals surface area contributed by atoms with Crippen LogP contribution in [0.2, 0.25) is 0 Å². The van der Waals surface area contributed by atoms with Gasteiger partial charge in [0.2, 0.25) is 0 Å². The summed E-state index contributed by atoms with van der Waals surface area (Å²) in [5.74, 6) is -0.186. The Morgan fingerprint density at radius 2 is 1.33 bits per heavy atom. The summed E-state index contributed by atoms with van der Waals surface area (Å²) in [6, 6.07) is 0. The first-order valence-electron chi connectivity index (χ1n) is 5.85. The largest absolute Gasteiger partial charge is 1.00 e. The van der Waals surface area contributed by atoms with Crippen LogP contribution in [0.1, 0.15) is 55.4 Å². The Morgan fingerprint density at radius 1 is 1.06 bits per heavy atom. The van der Waals surface area contributed by atoms with E-state index in [9.17, 15) is 9.59 Å². The maximum atomic E-state index is 11.4. The molecule has 0 aromatic rings. The van der Waals surface area contributed by atoms with E-state index in [1.165, 1.54) is 13.3 Å². The van der Waals surface area contributed by atoms with Crippen molar-refractivity contribution >= 4 is 24.2 Å². The standard InChI is InChI=1S/C10H17O2.C4H10S.K/c1-7(8(2)11)6-9(12)10(3,4)5;1-4(2,3)5;/h6-7H,1-5H3;5H,1-3H3;/q-1;;+1/p-1. The van der Waals surface area contributed by atoms with Crippen LogP contribution < -0.4 is 51.4 Å². The Kier molecular flexibility index (Phi) is 13.5. The Hall–Kier alpha value is 1.20. The maximum Gasteiger partial charge on any atom is 1.00 e. The fourth-order valence-corrected chi connectivity index (χ4v) is 0.594. The van der Waals surface area contributed by atoms with Gasteiger partial charge in [-0.15, -0.1) is 0 Å². The van der Waals surface area contributed by atoms with Gasteiger partial charge < -0.3 is 28.6 Å². The molecule has 0 amide bonds. The van der Waals surface area contributed by atoms with Crippen molar-refractivity contribution in [2.24, 2.45) is 11.3 Å². The van der Waals surface area contributed by atoms with Crippen molar-refractivity contribution in [3.8, 4) is 0 Å². The first kappa shape index (κ1) is 24.2. The first-order valence-corrected chi connectivity index (χ1v) is 6.26. The van der Waals surface area contributed by atoms with Crippen molar-refractivity contribution in [3.63, 3.8) is 0 Å². The van der Waals surface area contributed by atoms with E-state index < -0.39 is 0 Å². The molecule has 0 saturated heterocycles. The number of rotatable bonds is 3. The number of carbonyl (C=O) groups is 2. The maximum absolute atomic E-state index is 11.4. The summed E-state index contributed by atoms with van der Waals surface area (Å²) in [4.78, 5) is 22.2. The molecule has 18 heavy (non-hydrogen) atoms. The van der Waals surface area contributed by atoms with E-state index in [0.29, 0.717) is 0 Å². The average Bonchev–Trinajstić information content (AvgIpc) is 1.98. The summed E-state index contributed by atoms with van der Waals surface area (Å²) in [5.41, 5.74) is -0.371. The second-order valence-corrected chi connectivity index (χ2v) is 7.52. The van der Waals surface area contributed by atoms with Crippen LogP contribution in [0.3, 0.4) is 0 Å². The summed E-state index contributed by atoms with van der Waals surface area (Å²) in [6.07, 6.45) is 1.50. The summed E-state index contributed by atoms with van der Waals surface area (Å²) in [5, 5.41) is 0. The molecule has 0 rings (SSSR count). The number of hydrogen-bond acceptors (Lipinski definition) is 3. The van der Waals surface area contributed by atoms with Crippen molar-refractivity contribution in [1.29, 1.82) is 0 Å². The molecule has 0 fully saturated rings. The molecule has 0 bridgehead atoms. The fraction of sp³-hybridized carbons (Fsp3) is 0.786. The zero-order chi connectivity index (χ0) is 14.4. The van der Waals surface area contributed by atoms with Gasteiger partial charge in [0, 0.05) is 5.78 Å². The molecule has 0 N–H and O–H groups in total. The van der Waals surface area contributed by atoms with Crippen LogP contribution in [0.15, 0.2) is 0 Å². The van der Waals surface area contributed by atoms with Crippen LogP contribution in [0.5, 0.6) is 0 Å². The molecule has 0 saturated carbocycles. The molecular formula is C14H26KO2S-. The minimum atomic E-state index is -0.371. The molecule has 0 heterocycles. The van der Waals surface area contributed by atoms with Gasteiger partial charge >= 0.3 is 51.4 Å². The third kappa shape index (κ3) is 19.5. The third-order valence-electron chi connectivity index (χ3n) is 1.78. The topological polar surface area (TPSA) is 34.1 Å². The summed E-state index contributed by atoms with van der Waals surface area (Å²) in [7, 11) is 0. The summed E-state index contributed by atoms with van der Waals surface area (Å²) < 4.78 is 0.0833. The quantitative estimate of drug-likeness (QED) is 0.429. The Morgan fingerprint density at radius 3 is 1.50 bits per heavy atom. The molecule has 102 valence electrons. The Labute approximate surface area is 161 Å².